The van der Waals surface area contributed by atoms with Crippen molar-refractivity contribution in [3.8, 4) is 0 Å². The summed E-state index contributed by atoms with van der Waals surface area (Å²) in [4.78, 5) is 21.2. The zero-order chi connectivity index (χ0) is 16.4. The molecule has 0 saturated carbocycles. The third-order valence-corrected chi connectivity index (χ3v) is 4.68. The van der Waals surface area contributed by atoms with Gasteiger partial charge in [-0.3, -0.25) is 4.79 Å². The van der Waals surface area contributed by atoms with Crippen LogP contribution in [-0.2, 0) is 6.42 Å². The minimum atomic E-state index is -0.141. The predicted molar refractivity (Wildman–Crippen MR) is 92.9 cm³/mol. The Balaban J connectivity index is 1.67. The van der Waals surface area contributed by atoms with Crippen LogP contribution in [0.4, 0.5) is 0 Å². The predicted octanol–water partition coefficient (Wildman–Crippen LogP) is 3.43. The first-order valence-corrected chi connectivity index (χ1v) is 8.54. The van der Waals surface area contributed by atoms with Crippen LogP contribution in [0.1, 0.15) is 42.4 Å². The van der Waals surface area contributed by atoms with Crippen LogP contribution >= 0.6 is 11.3 Å². The second-order valence-corrected chi connectivity index (χ2v) is 7.02. The van der Waals surface area contributed by atoms with Crippen LogP contribution in [0.2, 0.25) is 0 Å². The largest absolute Gasteiger partial charge is 0.346 e. The number of nitrogens with one attached hydrogen (secondary N) is 1. The number of carbonyl (C=O) groups is 1. The summed E-state index contributed by atoms with van der Waals surface area (Å²) in [6, 6.07) is 8.29. The number of carbonyl (C=O) groups excluding carboxylic acids is 1. The van der Waals surface area contributed by atoms with Gasteiger partial charge < -0.3 is 9.88 Å². The Morgan fingerprint density at radius 1 is 1.30 bits per heavy atom. The summed E-state index contributed by atoms with van der Waals surface area (Å²) < 4.78 is 3.05. The van der Waals surface area contributed by atoms with Crippen molar-refractivity contribution in [1.82, 2.24) is 19.9 Å². The number of hydrogen-bond donors (Lipinski definition) is 1. The topological polar surface area (TPSA) is 59.8 Å². The fourth-order valence-corrected chi connectivity index (χ4v) is 3.61. The molecule has 3 rings (SSSR count). The fraction of sp³-hybridized carbons (Fsp3) is 0.353. The zero-order valence-electron chi connectivity index (χ0n) is 13.5. The highest BCUT2D eigenvalue weighted by Gasteiger charge is 2.17. The van der Waals surface area contributed by atoms with Crippen molar-refractivity contribution in [2.24, 2.45) is 0 Å². The van der Waals surface area contributed by atoms with E-state index in [4.69, 9.17) is 0 Å². The standard InChI is InChI=1S/C17H20N4OS/c1-11(2)21-9-8-18-16(21)17(22)19-12(3)10-15-20-13-6-4-5-7-14(13)23-15/h4-9,11-12H,10H2,1-3H3,(H,19,22). The molecule has 6 heteroatoms. The van der Waals surface area contributed by atoms with Crippen LogP contribution in [0.25, 0.3) is 10.2 Å². The molecule has 2 aromatic heterocycles. The van der Waals surface area contributed by atoms with Crippen LogP contribution in [0.3, 0.4) is 0 Å². The van der Waals surface area contributed by atoms with Crippen LogP contribution in [-0.4, -0.2) is 26.5 Å². The van der Waals surface area contributed by atoms with E-state index in [9.17, 15) is 4.79 Å². The van der Waals surface area contributed by atoms with Crippen LogP contribution in [0.5, 0.6) is 0 Å². The number of rotatable bonds is 5. The van der Waals surface area contributed by atoms with E-state index in [1.165, 1.54) is 4.70 Å². The van der Waals surface area contributed by atoms with Crippen LogP contribution in [0.15, 0.2) is 36.7 Å². The summed E-state index contributed by atoms with van der Waals surface area (Å²) in [5.41, 5.74) is 1.02. The lowest BCUT2D eigenvalue weighted by Gasteiger charge is -2.15. The lowest BCUT2D eigenvalue weighted by molar-refractivity contribution is 0.0923. The molecule has 0 bridgehead atoms. The van der Waals surface area contributed by atoms with Crippen molar-refractivity contribution in [3.63, 3.8) is 0 Å². The molecule has 1 aromatic carbocycles. The summed E-state index contributed by atoms with van der Waals surface area (Å²) in [6.07, 6.45) is 4.21. The van der Waals surface area contributed by atoms with Crippen LogP contribution < -0.4 is 5.32 Å². The van der Waals surface area contributed by atoms with Gasteiger partial charge >= 0.3 is 0 Å². The first kappa shape index (κ1) is 15.7. The third-order valence-electron chi connectivity index (χ3n) is 3.62. The van der Waals surface area contributed by atoms with E-state index in [-0.39, 0.29) is 18.0 Å². The zero-order valence-corrected chi connectivity index (χ0v) is 14.3. The number of aromatic nitrogens is 3. The summed E-state index contributed by atoms with van der Waals surface area (Å²) in [6.45, 7) is 6.05. The van der Waals surface area contributed by atoms with Gasteiger partial charge in [-0.2, -0.15) is 0 Å². The molecule has 1 unspecified atom stereocenters. The molecular formula is C17H20N4OS. The van der Waals surface area contributed by atoms with Crippen LogP contribution in [0, 0.1) is 0 Å². The Bertz CT molecular complexity index is 788. The normalized spacial score (nSPS) is 12.7. The fourth-order valence-electron chi connectivity index (χ4n) is 2.51. The molecule has 0 fully saturated rings. The quantitative estimate of drug-likeness (QED) is 0.780. The van der Waals surface area contributed by atoms with Crippen molar-refractivity contribution in [3.05, 3.63) is 47.5 Å². The Labute approximate surface area is 139 Å². The number of para-hydroxylation sites is 1. The van der Waals surface area contributed by atoms with Crippen molar-refractivity contribution >= 4 is 27.5 Å². The molecule has 0 saturated heterocycles. The van der Waals surface area contributed by atoms with Crippen molar-refractivity contribution in [2.45, 2.75) is 39.3 Å². The molecule has 0 aliphatic rings. The van der Waals surface area contributed by atoms with Crippen molar-refractivity contribution in [2.75, 3.05) is 0 Å². The highest BCUT2D eigenvalue weighted by Crippen LogP contribution is 2.22. The van der Waals surface area contributed by atoms with Crippen molar-refractivity contribution < 1.29 is 4.79 Å². The molecule has 1 atom stereocenters. The monoisotopic (exact) mass is 328 g/mol. The number of amides is 1. The number of thiazole rings is 1. The number of nitrogens with zero attached hydrogens (tertiary/aromatic N) is 3. The van der Waals surface area contributed by atoms with Gasteiger partial charge in [-0.1, -0.05) is 12.1 Å². The molecule has 1 N–H and O–H groups in total. The van der Waals surface area contributed by atoms with Gasteiger partial charge in [0.1, 0.15) is 0 Å². The lowest BCUT2D eigenvalue weighted by Crippen LogP contribution is -2.35. The van der Waals surface area contributed by atoms with E-state index in [1.807, 2.05) is 49.7 Å². The summed E-state index contributed by atoms with van der Waals surface area (Å²) in [5, 5.41) is 4.05. The lowest BCUT2D eigenvalue weighted by atomic mass is 10.2. The Hall–Kier alpha value is -2.21. The summed E-state index contributed by atoms with van der Waals surface area (Å²) in [5.74, 6) is 0.313. The van der Waals surface area contributed by atoms with Gasteiger partial charge in [0.05, 0.1) is 15.2 Å². The maximum absolute atomic E-state index is 12.4. The molecule has 1 amide bonds. The van der Waals surface area contributed by atoms with Crippen molar-refractivity contribution in [1.29, 1.82) is 0 Å². The van der Waals surface area contributed by atoms with Gasteiger partial charge in [-0.15, -0.1) is 11.3 Å². The Kier molecular flexibility index (Phi) is 4.43. The van der Waals surface area contributed by atoms with E-state index >= 15 is 0 Å². The van der Waals surface area contributed by atoms with E-state index in [0.29, 0.717) is 12.2 Å². The average molecular weight is 328 g/mol. The summed E-state index contributed by atoms with van der Waals surface area (Å²) >= 11 is 1.67. The maximum Gasteiger partial charge on any atom is 0.287 e. The minimum absolute atomic E-state index is 0.000347. The smallest absolute Gasteiger partial charge is 0.287 e. The highest BCUT2D eigenvalue weighted by atomic mass is 32.1. The highest BCUT2D eigenvalue weighted by molar-refractivity contribution is 7.18. The van der Waals surface area contributed by atoms with E-state index in [2.05, 4.69) is 21.4 Å². The maximum atomic E-state index is 12.4. The molecule has 0 aliphatic heterocycles. The van der Waals surface area contributed by atoms with Gasteiger partial charge in [0, 0.05) is 30.9 Å². The molecule has 5 nitrogen and oxygen atoms in total. The number of fused-ring (bicyclic) bond motifs is 1. The number of hydrogen-bond acceptors (Lipinski definition) is 4. The molecule has 0 spiro atoms. The second-order valence-electron chi connectivity index (χ2n) is 5.91. The first-order chi connectivity index (χ1) is 11.0. The number of benzene rings is 1. The van der Waals surface area contributed by atoms with E-state index < -0.39 is 0 Å². The van der Waals surface area contributed by atoms with Gasteiger partial charge in [0.25, 0.3) is 5.91 Å². The Morgan fingerprint density at radius 2 is 2.09 bits per heavy atom. The molecule has 2 heterocycles. The SMILES string of the molecule is CC(Cc1nc2ccccc2s1)NC(=O)c1nccn1C(C)C. The second kappa shape index (κ2) is 6.50. The molecule has 120 valence electrons. The first-order valence-electron chi connectivity index (χ1n) is 7.72. The summed E-state index contributed by atoms with van der Waals surface area (Å²) in [7, 11) is 0. The molecule has 0 radical (unpaired) electrons. The number of imidazole rings is 1. The molecule has 23 heavy (non-hydrogen) atoms. The van der Waals surface area contributed by atoms with E-state index in [0.717, 1.165) is 10.5 Å². The molecule has 3 aromatic rings. The minimum Gasteiger partial charge on any atom is -0.346 e. The van der Waals surface area contributed by atoms with Gasteiger partial charge in [0.15, 0.2) is 5.82 Å². The average Bonchev–Trinajstić information content (AvgIpc) is 3.12. The van der Waals surface area contributed by atoms with E-state index in [1.54, 1.807) is 17.5 Å². The van der Waals surface area contributed by atoms with Gasteiger partial charge in [0.2, 0.25) is 0 Å². The van der Waals surface area contributed by atoms with Gasteiger partial charge in [-0.05, 0) is 32.9 Å². The molecule has 0 aliphatic carbocycles. The van der Waals surface area contributed by atoms with Gasteiger partial charge in [-0.25, -0.2) is 9.97 Å². The third kappa shape index (κ3) is 3.42. The Morgan fingerprint density at radius 3 is 2.83 bits per heavy atom. The molecular weight excluding hydrogens is 308 g/mol.